The molecule has 0 aromatic carbocycles. The van der Waals surface area contributed by atoms with Crippen LogP contribution in [-0.4, -0.2) is 28.0 Å². The summed E-state index contributed by atoms with van der Waals surface area (Å²) in [4.78, 5) is 11.6. The molecule has 0 aromatic heterocycles. The summed E-state index contributed by atoms with van der Waals surface area (Å²) in [6.07, 6.45) is 3.46. The Hall–Kier alpha value is 0.170. The van der Waals surface area contributed by atoms with Gasteiger partial charge >= 0.3 is 0 Å². The fraction of sp³-hybridized carbons (Fsp3) is 0.875. The number of carbonyl (C=O) groups excluding carboxylic acids is 1. The smallest absolute Gasteiger partial charge is 0.246 e. The van der Waals surface area contributed by atoms with Gasteiger partial charge in [0.05, 0.1) is 0 Å². The maximum Gasteiger partial charge on any atom is 0.246 e. The van der Waals surface area contributed by atoms with E-state index in [9.17, 15) is 4.79 Å². The zero-order valence-electron chi connectivity index (χ0n) is 6.97. The first-order valence-corrected chi connectivity index (χ1v) is 6.37. The number of hydrogen-bond acceptors (Lipinski definition) is 3. The van der Waals surface area contributed by atoms with Gasteiger partial charge in [-0.3, -0.25) is 4.79 Å². The predicted octanol–water partition coefficient (Wildman–Crippen LogP) is 1.46. The summed E-state index contributed by atoms with van der Waals surface area (Å²) in [7, 11) is 0. The third-order valence-electron chi connectivity index (χ3n) is 2.27. The molecular weight excluding hydrogens is 190 g/mol. The second-order valence-electron chi connectivity index (χ2n) is 3.16. The zero-order chi connectivity index (χ0) is 8.44. The van der Waals surface area contributed by atoms with E-state index < -0.39 is 0 Å². The lowest BCUT2D eigenvalue weighted by Gasteiger charge is -2.37. The molecule has 2 rings (SSSR count). The van der Waals surface area contributed by atoms with Crippen LogP contribution in [0.2, 0.25) is 0 Å². The second-order valence-corrected chi connectivity index (χ2v) is 6.21. The van der Waals surface area contributed by atoms with Crippen molar-refractivity contribution in [1.82, 2.24) is 5.32 Å². The summed E-state index contributed by atoms with van der Waals surface area (Å²) < 4.78 is -0.101. The molecule has 2 saturated heterocycles. The summed E-state index contributed by atoms with van der Waals surface area (Å²) in [5.74, 6) is 2.57. The highest BCUT2D eigenvalue weighted by Crippen LogP contribution is 2.46. The first-order chi connectivity index (χ1) is 5.83. The Bertz CT molecular complexity index is 181. The molecule has 2 fully saturated rings. The van der Waals surface area contributed by atoms with Gasteiger partial charge < -0.3 is 5.32 Å². The molecule has 68 valence electrons. The van der Waals surface area contributed by atoms with Crippen molar-refractivity contribution in [3.8, 4) is 0 Å². The van der Waals surface area contributed by atoms with E-state index in [4.69, 9.17) is 0 Å². The van der Waals surface area contributed by atoms with Gasteiger partial charge in [-0.25, -0.2) is 0 Å². The van der Waals surface area contributed by atoms with Gasteiger partial charge in [-0.2, -0.15) is 0 Å². The number of amides is 1. The standard InChI is InChI=1S/C8H13NOS2/c10-7-8(3-1-4-9-7)11-5-2-6-12-8/h1-6H2,(H,9,10). The predicted molar refractivity (Wildman–Crippen MR) is 54.5 cm³/mol. The topological polar surface area (TPSA) is 29.1 Å². The van der Waals surface area contributed by atoms with Crippen molar-refractivity contribution < 1.29 is 4.79 Å². The third kappa shape index (κ3) is 1.46. The van der Waals surface area contributed by atoms with E-state index in [2.05, 4.69) is 5.32 Å². The number of thioether (sulfide) groups is 2. The highest BCUT2D eigenvalue weighted by Gasteiger charge is 2.42. The van der Waals surface area contributed by atoms with Crippen molar-refractivity contribution in [1.29, 1.82) is 0 Å². The first-order valence-electron chi connectivity index (χ1n) is 4.40. The summed E-state index contributed by atoms with van der Waals surface area (Å²) in [5, 5.41) is 2.96. The van der Waals surface area contributed by atoms with Crippen molar-refractivity contribution in [3.05, 3.63) is 0 Å². The second kappa shape index (κ2) is 3.50. The molecule has 2 aliphatic heterocycles. The number of rotatable bonds is 0. The largest absolute Gasteiger partial charge is 0.354 e. The summed E-state index contributed by atoms with van der Waals surface area (Å²) in [6, 6.07) is 0. The van der Waals surface area contributed by atoms with Crippen LogP contribution in [0.1, 0.15) is 19.3 Å². The Kier molecular flexibility index (Phi) is 2.55. The molecule has 0 saturated carbocycles. The van der Waals surface area contributed by atoms with Crippen LogP contribution in [0.4, 0.5) is 0 Å². The van der Waals surface area contributed by atoms with E-state index in [1.807, 2.05) is 23.5 Å². The van der Waals surface area contributed by atoms with Gasteiger partial charge in [-0.15, -0.1) is 23.5 Å². The number of hydrogen-bond donors (Lipinski definition) is 1. The lowest BCUT2D eigenvalue weighted by molar-refractivity contribution is -0.122. The molecule has 2 aliphatic rings. The SMILES string of the molecule is O=C1NCCCC12SCCCS2. The van der Waals surface area contributed by atoms with E-state index in [1.165, 1.54) is 6.42 Å². The van der Waals surface area contributed by atoms with Gasteiger partial charge in [-0.05, 0) is 30.8 Å². The lowest BCUT2D eigenvalue weighted by Crippen LogP contribution is -2.48. The molecule has 4 heteroatoms. The molecule has 2 nitrogen and oxygen atoms in total. The summed E-state index contributed by atoms with van der Waals surface area (Å²) >= 11 is 3.69. The molecule has 1 spiro atoms. The molecule has 1 N–H and O–H groups in total. The Morgan fingerprint density at radius 2 is 2.00 bits per heavy atom. The lowest BCUT2D eigenvalue weighted by atomic mass is 10.1. The van der Waals surface area contributed by atoms with Gasteiger partial charge in [0.25, 0.3) is 0 Å². The van der Waals surface area contributed by atoms with Crippen LogP contribution in [0.25, 0.3) is 0 Å². The average molecular weight is 203 g/mol. The molecule has 1 amide bonds. The molecule has 12 heavy (non-hydrogen) atoms. The molecular formula is C8H13NOS2. The highest BCUT2D eigenvalue weighted by atomic mass is 32.2. The number of carbonyl (C=O) groups is 1. The van der Waals surface area contributed by atoms with Gasteiger partial charge in [0, 0.05) is 6.54 Å². The fourth-order valence-corrected chi connectivity index (χ4v) is 4.86. The molecule has 0 aliphatic carbocycles. The monoisotopic (exact) mass is 203 g/mol. The van der Waals surface area contributed by atoms with E-state index in [0.717, 1.165) is 30.9 Å². The van der Waals surface area contributed by atoms with Crippen molar-refractivity contribution >= 4 is 29.4 Å². The Morgan fingerprint density at radius 3 is 2.67 bits per heavy atom. The van der Waals surface area contributed by atoms with Crippen molar-refractivity contribution in [2.24, 2.45) is 0 Å². The average Bonchev–Trinajstić information content (AvgIpc) is 2.12. The first kappa shape index (κ1) is 8.75. The van der Waals surface area contributed by atoms with E-state index in [1.54, 1.807) is 0 Å². The zero-order valence-corrected chi connectivity index (χ0v) is 8.60. The fourth-order valence-electron chi connectivity index (χ4n) is 1.62. The third-order valence-corrected chi connectivity index (χ3v) is 5.68. The highest BCUT2D eigenvalue weighted by molar-refractivity contribution is 8.19. The maximum atomic E-state index is 11.6. The number of nitrogens with one attached hydrogen (secondary N) is 1. The molecule has 2 heterocycles. The van der Waals surface area contributed by atoms with Crippen LogP contribution < -0.4 is 5.32 Å². The molecule has 0 radical (unpaired) electrons. The van der Waals surface area contributed by atoms with E-state index >= 15 is 0 Å². The van der Waals surface area contributed by atoms with Gasteiger partial charge in [0.1, 0.15) is 4.08 Å². The molecule has 0 unspecified atom stereocenters. The Labute approximate surface area is 81.2 Å². The van der Waals surface area contributed by atoms with Gasteiger partial charge in [0.15, 0.2) is 0 Å². The van der Waals surface area contributed by atoms with Crippen molar-refractivity contribution in [3.63, 3.8) is 0 Å². The van der Waals surface area contributed by atoms with Crippen LogP contribution in [0.15, 0.2) is 0 Å². The maximum absolute atomic E-state index is 11.6. The Morgan fingerprint density at radius 1 is 1.25 bits per heavy atom. The minimum Gasteiger partial charge on any atom is -0.354 e. The molecule has 0 atom stereocenters. The van der Waals surface area contributed by atoms with E-state index in [0.29, 0.717) is 0 Å². The van der Waals surface area contributed by atoms with Crippen LogP contribution >= 0.6 is 23.5 Å². The van der Waals surface area contributed by atoms with Crippen LogP contribution in [-0.2, 0) is 4.79 Å². The Balaban J connectivity index is 2.09. The van der Waals surface area contributed by atoms with Gasteiger partial charge in [-0.1, -0.05) is 0 Å². The van der Waals surface area contributed by atoms with Crippen LogP contribution in [0.3, 0.4) is 0 Å². The van der Waals surface area contributed by atoms with Gasteiger partial charge in [0.2, 0.25) is 5.91 Å². The quantitative estimate of drug-likeness (QED) is 0.646. The van der Waals surface area contributed by atoms with Crippen molar-refractivity contribution in [2.45, 2.75) is 23.3 Å². The normalized spacial score (nSPS) is 28.5. The van der Waals surface area contributed by atoms with Crippen LogP contribution in [0, 0.1) is 0 Å². The summed E-state index contributed by atoms with van der Waals surface area (Å²) in [6.45, 7) is 0.877. The van der Waals surface area contributed by atoms with Crippen LogP contribution in [0.5, 0.6) is 0 Å². The van der Waals surface area contributed by atoms with Crippen molar-refractivity contribution in [2.75, 3.05) is 18.1 Å². The minimum absolute atomic E-state index is 0.101. The minimum atomic E-state index is -0.101. The summed E-state index contributed by atoms with van der Waals surface area (Å²) in [5.41, 5.74) is 0. The molecule has 0 bridgehead atoms. The molecule has 0 aromatic rings. The van der Waals surface area contributed by atoms with E-state index in [-0.39, 0.29) is 9.99 Å². The number of piperidine rings is 1.